The van der Waals surface area contributed by atoms with Gasteiger partial charge in [-0.1, -0.05) is 6.58 Å². The molecule has 0 saturated carbocycles. The van der Waals surface area contributed by atoms with Crippen LogP contribution in [0.1, 0.15) is 13.3 Å². The summed E-state index contributed by atoms with van der Waals surface area (Å²) in [7, 11) is 0. The zero-order valence-corrected chi connectivity index (χ0v) is 5.80. The first-order chi connectivity index (χ1) is 4.20. The number of hydrogen-bond donors (Lipinski definition) is 1. The molecule has 1 fully saturated rings. The lowest BCUT2D eigenvalue weighted by molar-refractivity contribution is 0.184. The van der Waals surface area contributed by atoms with Gasteiger partial charge in [-0.2, -0.15) is 0 Å². The van der Waals surface area contributed by atoms with Crippen LogP contribution in [0.4, 0.5) is 0 Å². The van der Waals surface area contributed by atoms with Crippen LogP contribution in [0, 0.1) is 0 Å². The van der Waals surface area contributed by atoms with Crippen LogP contribution in [0.15, 0.2) is 12.3 Å². The fourth-order valence-electron chi connectivity index (χ4n) is 1.09. The SMILES string of the molecule is C=C(C)N1CC[C@H](O)C1. The zero-order chi connectivity index (χ0) is 6.85. The van der Waals surface area contributed by atoms with Gasteiger partial charge in [0.05, 0.1) is 6.10 Å². The van der Waals surface area contributed by atoms with Crippen molar-refractivity contribution in [2.75, 3.05) is 13.1 Å². The van der Waals surface area contributed by atoms with E-state index < -0.39 is 0 Å². The minimum atomic E-state index is -0.123. The summed E-state index contributed by atoms with van der Waals surface area (Å²) in [4.78, 5) is 2.10. The van der Waals surface area contributed by atoms with Crippen molar-refractivity contribution in [2.45, 2.75) is 19.4 Å². The highest BCUT2D eigenvalue weighted by molar-refractivity contribution is 4.93. The summed E-state index contributed by atoms with van der Waals surface area (Å²) in [5, 5.41) is 9.07. The molecular weight excluding hydrogens is 114 g/mol. The van der Waals surface area contributed by atoms with Gasteiger partial charge in [-0.3, -0.25) is 0 Å². The zero-order valence-electron chi connectivity index (χ0n) is 5.80. The largest absolute Gasteiger partial charge is 0.391 e. The molecule has 1 aliphatic rings. The van der Waals surface area contributed by atoms with E-state index in [2.05, 4.69) is 11.5 Å². The van der Waals surface area contributed by atoms with E-state index in [4.69, 9.17) is 5.11 Å². The van der Waals surface area contributed by atoms with Crippen molar-refractivity contribution < 1.29 is 5.11 Å². The third kappa shape index (κ3) is 1.45. The van der Waals surface area contributed by atoms with Crippen LogP contribution >= 0.6 is 0 Å². The van der Waals surface area contributed by atoms with Crippen molar-refractivity contribution in [3.63, 3.8) is 0 Å². The number of rotatable bonds is 1. The summed E-state index contributed by atoms with van der Waals surface area (Å²) >= 11 is 0. The van der Waals surface area contributed by atoms with Crippen molar-refractivity contribution >= 4 is 0 Å². The van der Waals surface area contributed by atoms with E-state index in [-0.39, 0.29) is 6.10 Å². The van der Waals surface area contributed by atoms with Crippen LogP contribution in [0.25, 0.3) is 0 Å². The fourth-order valence-corrected chi connectivity index (χ4v) is 1.09. The van der Waals surface area contributed by atoms with Crippen LogP contribution in [0.5, 0.6) is 0 Å². The predicted octanol–water partition coefficient (Wildman–Crippen LogP) is 0.587. The maximum Gasteiger partial charge on any atom is 0.0731 e. The molecule has 52 valence electrons. The molecule has 9 heavy (non-hydrogen) atoms. The number of allylic oxidation sites excluding steroid dienone is 1. The smallest absolute Gasteiger partial charge is 0.0731 e. The van der Waals surface area contributed by atoms with E-state index in [1.54, 1.807) is 0 Å². The summed E-state index contributed by atoms with van der Waals surface area (Å²) < 4.78 is 0. The first-order valence-corrected chi connectivity index (χ1v) is 3.28. The highest BCUT2D eigenvalue weighted by atomic mass is 16.3. The second-order valence-electron chi connectivity index (χ2n) is 2.62. The Balaban J connectivity index is 2.39. The molecule has 2 nitrogen and oxygen atoms in total. The minimum Gasteiger partial charge on any atom is -0.391 e. The standard InChI is InChI=1S/C7H13NO/c1-6(2)8-4-3-7(9)5-8/h7,9H,1,3-5H2,2H3/t7-/m0/s1. The number of β-amino-alcohol motifs (C(OH)–C–C–N with tert-alkyl or cyclic N) is 1. The average Bonchev–Trinajstić information content (AvgIpc) is 2.14. The summed E-state index contributed by atoms with van der Waals surface area (Å²) in [6.45, 7) is 7.50. The number of nitrogens with zero attached hydrogens (tertiary/aromatic N) is 1. The molecule has 0 radical (unpaired) electrons. The third-order valence-electron chi connectivity index (χ3n) is 1.70. The lowest BCUT2D eigenvalue weighted by Crippen LogP contribution is -2.18. The van der Waals surface area contributed by atoms with Crippen LogP contribution in [-0.4, -0.2) is 29.2 Å². The topological polar surface area (TPSA) is 23.5 Å². The van der Waals surface area contributed by atoms with E-state index in [9.17, 15) is 0 Å². The Morgan fingerprint density at radius 2 is 2.44 bits per heavy atom. The molecule has 0 aliphatic carbocycles. The summed E-state index contributed by atoms with van der Waals surface area (Å²) in [5.74, 6) is 0. The van der Waals surface area contributed by atoms with E-state index in [1.165, 1.54) is 0 Å². The highest BCUT2D eigenvalue weighted by Crippen LogP contribution is 2.12. The van der Waals surface area contributed by atoms with Crippen LogP contribution < -0.4 is 0 Å². The lowest BCUT2D eigenvalue weighted by Gasteiger charge is -2.16. The molecule has 0 bridgehead atoms. The van der Waals surface area contributed by atoms with Crippen LogP contribution in [-0.2, 0) is 0 Å². The third-order valence-corrected chi connectivity index (χ3v) is 1.70. The molecule has 2 heteroatoms. The van der Waals surface area contributed by atoms with Gasteiger partial charge >= 0.3 is 0 Å². The minimum absolute atomic E-state index is 0.123. The molecule has 0 aromatic rings. The molecule has 1 saturated heterocycles. The quantitative estimate of drug-likeness (QED) is 0.557. The Morgan fingerprint density at radius 3 is 2.67 bits per heavy atom. The predicted molar refractivity (Wildman–Crippen MR) is 37.0 cm³/mol. The van der Waals surface area contributed by atoms with E-state index in [0.29, 0.717) is 0 Å². The van der Waals surface area contributed by atoms with Gasteiger partial charge in [0.2, 0.25) is 0 Å². The van der Waals surface area contributed by atoms with Crippen LogP contribution in [0.3, 0.4) is 0 Å². The Hall–Kier alpha value is -0.500. The molecule has 1 heterocycles. The maximum absolute atomic E-state index is 9.07. The molecule has 1 atom stereocenters. The molecule has 0 amide bonds. The second kappa shape index (κ2) is 2.40. The van der Waals surface area contributed by atoms with E-state index in [1.807, 2.05) is 6.92 Å². The van der Waals surface area contributed by atoms with Crippen molar-refractivity contribution in [2.24, 2.45) is 0 Å². The highest BCUT2D eigenvalue weighted by Gasteiger charge is 2.18. The van der Waals surface area contributed by atoms with E-state index in [0.717, 1.165) is 25.2 Å². The second-order valence-corrected chi connectivity index (χ2v) is 2.62. The lowest BCUT2D eigenvalue weighted by atomic mass is 10.3. The summed E-state index contributed by atoms with van der Waals surface area (Å²) in [5.41, 5.74) is 1.06. The van der Waals surface area contributed by atoms with Gasteiger partial charge in [0, 0.05) is 18.8 Å². The van der Waals surface area contributed by atoms with Gasteiger partial charge in [0.25, 0.3) is 0 Å². The van der Waals surface area contributed by atoms with Crippen molar-refractivity contribution in [3.8, 4) is 0 Å². The molecular formula is C7H13NO. The number of likely N-dealkylation sites (tertiary alicyclic amines) is 1. The Labute approximate surface area is 55.8 Å². The first kappa shape index (κ1) is 6.62. The van der Waals surface area contributed by atoms with Gasteiger partial charge in [0.15, 0.2) is 0 Å². The molecule has 1 aliphatic heterocycles. The van der Waals surface area contributed by atoms with Gasteiger partial charge in [-0.15, -0.1) is 0 Å². The molecule has 0 aromatic heterocycles. The Morgan fingerprint density at radius 1 is 1.78 bits per heavy atom. The van der Waals surface area contributed by atoms with Crippen molar-refractivity contribution in [1.29, 1.82) is 0 Å². The number of aliphatic hydroxyl groups excluding tert-OH is 1. The first-order valence-electron chi connectivity index (χ1n) is 3.28. The number of hydrogen-bond acceptors (Lipinski definition) is 2. The van der Waals surface area contributed by atoms with Gasteiger partial charge in [0.1, 0.15) is 0 Å². The van der Waals surface area contributed by atoms with Crippen LogP contribution in [0.2, 0.25) is 0 Å². The summed E-state index contributed by atoms with van der Waals surface area (Å²) in [6.07, 6.45) is 0.772. The fraction of sp³-hybridized carbons (Fsp3) is 0.714. The molecule has 0 unspecified atom stereocenters. The van der Waals surface area contributed by atoms with Gasteiger partial charge < -0.3 is 10.0 Å². The van der Waals surface area contributed by atoms with E-state index >= 15 is 0 Å². The molecule has 0 spiro atoms. The van der Waals surface area contributed by atoms with Crippen molar-refractivity contribution in [1.82, 2.24) is 4.90 Å². The van der Waals surface area contributed by atoms with Gasteiger partial charge in [-0.05, 0) is 13.3 Å². The molecule has 1 N–H and O–H groups in total. The molecule has 0 aromatic carbocycles. The summed E-state index contributed by atoms with van der Waals surface area (Å²) in [6, 6.07) is 0. The van der Waals surface area contributed by atoms with Gasteiger partial charge in [-0.25, -0.2) is 0 Å². The van der Waals surface area contributed by atoms with Crippen molar-refractivity contribution in [3.05, 3.63) is 12.3 Å². The normalized spacial score (nSPS) is 26.9. The Bertz CT molecular complexity index is 122. The maximum atomic E-state index is 9.07. The molecule has 1 rings (SSSR count). The number of aliphatic hydroxyl groups is 1. The average molecular weight is 127 g/mol. The Kier molecular flexibility index (Phi) is 1.76. The monoisotopic (exact) mass is 127 g/mol.